The number of hydrogen-bond donors (Lipinski definition) is 0. The zero-order chi connectivity index (χ0) is 14.0. The molecule has 3 nitrogen and oxygen atoms in total. The molecular weight excluding hydrogens is 264 g/mol. The molecule has 0 N–H and O–H groups in total. The van der Waals surface area contributed by atoms with Crippen molar-refractivity contribution in [3.8, 4) is 0 Å². The smallest absolute Gasteiger partial charge is 0.124 e. The molecule has 5 rings (SSSR count). The van der Waals surface area contributed by atoms with Crippen molar-refractivity contribution in [2.75, 3.05) is 20.3 Å². The Labute approximate surface area is 124 Å². The average molecular weight is 284 g/mol. The molecule has 1 aromatic rings. The highest BCUT2D eigenvalue weighted by Crippen LogP contribution is 2.66. The van der Waals surface area contributed by atoms with E-state index in [9.17, 15) is 0 Å². The fourth-order valence-electron chi connectivity index (χ4n) is 4.90. The van der Waals surface area contributed by atoms with Crippen LogP contribution < -0.4 is 0 Å². The van der Waals surface area contributed by atoms with Crippen LogP contribution in [0.4, 0.5) is 0 Å². The van der Waals surface area contributed by atoms with Gasteiger partial charge in [-0.1, -0.05) is 30.3 Å². The van der Waals surface area contributed by atoms with E-state index < -0.39 is 0 Å². The van der Waals surface area contributed by atoms with Crippen molar-refractivity contribution in [2.24, 2.45) is 11.8 Å². The molecule has 2 aliphatic heterocycles. The molecular formula is C18H20O3. The normalized spacial score (nSPS) is 43.5. The summed E-state index contributed by atoms with van der Waals surface area (Å²) in [7, 11) is 1.83. The fraction of sp³-hybridized carbons (Fsp3) is 0.556. The minimum absolute atomic E-state index is 0.199. The van der Waals surface area contributed by atoms with Crippen LogP contribution in [-0.4, -0.2) is 38.1 Å². The number of hydrogen-bond acceptors (Lipinski definition) is 3. The van der Waals surface area contributed by atoms with E-state index in [-0.39, 0.29) is 17.8 Å². The van der Waals surface area contributed by atoms with Crippen LogP contribution in [0.3, 0.4) is 0 Å². The summed E-state index contributed by atoms with van der Waals surface area (Å²) < 4.78 is 17.9. The van der Waals surface area contributed by atoms with Gasteiger partial charge in [0, 0.05) is 32.2 Å². The largest absolute Gasteiger partial charge is 0.374 e. The van der Waals surface area contributed by atoms with Gasteiger partial charge in [-0.05, 0) is 29.6 Å². The molecule has 4 aliphatic rings. The summed E-state index contributed by atoms with van der Waals surface area (Å²) in [5.41, 5.74) is 3.99. The molecule has 2 aliphatic carbocycles. The monoisotopic (exact) mass is 284 g/mol. The fourth-order valence-corrected chi connectivity index (χ4v) is 4.90. The lowest BCUT2D eigenvalue weighted by molar-refractivity contribution is -0.00952. The van der Waals surface area contributed by atoms with E-state index in [1.54, 1.807) is 0 Å². The lowest BCUT2D eigenvalue weighted by Crippen LogP contribution is -2.43. The lowest BCUT2D eigenvalue weighted by Gasteiger charge is -2.42. The quantitative estimate of drug-likeness (QED) is 0.854. The second-order valence-electron chi connectivity index (χ2n) is 6.56. The molecule has 0 amide bonds. The average Bonchev–Trinajstić information content (AvgIpc) is 2.90. The summed E-state index contributed by atoms with van der Waals surface area (Å²) in [5, 5.41) is 0. The first-order valence-electron chi connectivity index (χ1n) is 7.96. The summed E-state index contributed by atoms with van der Waals surface area (Å²) in [6.07, 6.45) is 2.76. The maximum Gasteiger partial charge on any atom is 0.124 e. The lowest BCUT2D eigenvalue weighted by atomic mass is 9.68. The second kappa shape index (κ2) is 4.19. The zero-order valence-electron chi connectivity index (χ0n) is 12.2. The molecule has 0 radical (unpaired) electrons. The molecule has 3 heteroatoms. The minimum atomic E-state index is -0.199. The van der Waals surface area contributed by atoms with Crippen molar-refractivity contribution in [3.63, 3.8) is 0 Å². The summed E-state index contributed by atoms with van der Waals surface area (Å²) in [6, 6.07) is 10.7. The summed E-state index contributed by atoms with van der Waals surface area (Å²) in [6.45, 7) is 1.74. The number of methoxy groups -OCH3 is 1. The highest BCUT2D eigenvalue weighted by atomic mass is 16.6. The molecule has 0 aromatic heterocycles. The van der Waals surface area contributed by atoms with Gasteiger partial charge in [0.15, 0.2) is 0 Å². The van der Waals surface area contributed by atoms with Gasteiger partial charge in [-0.25, -0.2) is 0 Å². The second-order valence-corrected chi connectivity index (χ2v) is 6.56. The highest BCUT2D eigenvalue weighted by molar-refractivity contribution is 5.82. The molecule has 110 valence electrons. The van der Waals surface area contributed by atoms with E-state index in [0.717, 1.165) is 26.1 Å². The van der Waals surface area contributed by atoms with Crippen LogP contribution in [0, 0.1) is 11.8 Å². The van der Waals surface area contributed by atoms with Crippen LogP contribution in [-0.2, 0) is 14.2 Å². The van der Waals surface area contributed by atoms with Gasteiger partial charge in [0.05, 0.1) is 12.2 Å². The van der Waals surface area contributed by atoms with Gasteiger partial charge in [-0.3, -0.25) is 0 Å². The zero-order valence-corrected chi connectivity index (χ0v) is 12.2. The van der Waals surface area contributed by atoms with Gasteiger partial charge >= 0.3 is 0 Å². The molecule has 1 saturated carbocycles. The first kappa shape index (κ1) is 12.4. The highest BCUT2D eigenvalue weighted by Gasteiger charge is 2.75. The minimum Gasteiger partial charge on any atom is -0.374 e. The number of benzene rings is 1. The molecule has 0 spiro atoms. The van der Waals surface area contributed by atoms with Crippen molar-refractivity contribution >= 4 is 5.57 Å². The van der Waals surface area contributed by atoms with Crippen molar-refractivity contribution in [1.82, 2.24) is 0 Å². The Kier molecular flexibility index (Phi) is 2.47. The topological polar surface area (TPSA) is 27.7 Å². The van der Waals surface area contributed by atoms with Crippen LogP contribution in [0.2, 0.25) is 0 Å². The Morgan fingerprint density at radius 1 is 1.10 bits per heavy atom. The number of ether oxygens (including phenoxy) is 3. The van der Waals surface area contributed by atoms with Crippen LogP contribution in [0.1, 0.15) is 18.4 Å². The Bertz CT molecular complexity index is 596. The van der Waals surface area contributed by atoms with E-state index in [1.807, 2.05) is 7.11 Å². The van der Waals surface area contributed by atoms with Gasteiger partial charge in [-0.15, -0.1) is 0 Å². The maximum atomic E-state index is 6.02. The molecule has 21 heavy (non-hydrogen) atoms. The summed E-state index contributed by atoms with van der Waals surface area (Å²) in [4.78, 5) is 0. The van der Waals surface area contributed by atoms with Gasteiger partial charge in [0.2, 0.25) is 0 Å². The van der Waals surface area contributed by atoms with E-state index in [1.165, 1.54) is 16.7 Å². The Morgan fingerprint density at radius 3 is 2.62 bits per heavy atom. The Balaban J connectivity index is 1.64. The SMILES string of the molecule is CO[C@]1(C2=C(c3ccccc3)[C@@H]3CCO[C@H]23)[C@@H]2CCO[C@@H]21. The van der Waals surface area contributed by atoms with E-state index >= 15 is 0 Å². The molecule has 3 fully saturated rings. The van der Waals surface area contributed by atoms with Crippen molar-refractivity contribution < 1.29 is 14.2 Å². The predicted octanol–water partition coefficient (Wildman–Crippen LogP) is 2.66. The van der Waals surface area contributed by atoms with Gasteiger partial charge in [0.25, 0.3) is 0 Å². The van der Waals surface area contributed by atoms with Crippen LogP contribution in [0.15, 0.2) is 35.9 Å². The Hall–Kier alpha value is -1.16. The van der Waals surface area contributed by atoms with Gasteiger partial charge < -0.3 is 14.2 Å². The maximum absolute atomic E-state index is 6.02. The van der Waals surface area contributed by atoms with Gasteiger partial charge in [0.1, 0.15) is 5.60 Å². The van der Waals surface area contributed by atoms with Crippen LogP contribution in [0.5, 0.6) is 0 Å². The van der Waals surface area contributed by atoms with E-state index in [2.05, 4.69) is 30.3 Å². The van der Waals surface area contributed by atoms with Crippen LogP contribution >= 0.6 is 0 Å². The standard InChI is InChI=1S/C18H20O3/c1-19-18(13-8-10-21-17(13)18)15-14(11-5-3-2-4-6-11)12-7-9-20-16(12)15/h2-6,12-13,16-17H,7-10H2,1H3/t12-,13+,16-,17-,18-/m0/s1. The predicted molar refractivity (Wildman–Crippen MR) is 78.8 cm³/mol. The molecule has 0 unspecified atom stereocenters. The summed E-state index contributed by atoms with van der Waals surface area (Å²) >= 11 is 0. The molecule has 0 bridgehead atoms. The molecule has 2 saturated heterocycles. The van der Waals surface area contributed by atoms with E-state index in [0.29, 0.717) is 11.8 Å². The number of rotatable bonds is 3. The van der Waals surface area contributed by atoms with Crippen molar-refractivity contribution in [1.29, 1.82) is 0 Å². The third-order valence-electron chi connectivity index (χ3n) is 5.84. The Morgan fingerprint density at radius 2 is 1.90 bits per heavy atom. The van der Waals surface area contributed by atoms with Gasteiger partial charge in [-0.2, -0.15) is 0 Å². The first-order valence-corrected chi connectivity index (χ1v) is 7.96. The molecule has 2 heterocycles. The van der Waals surface area contributed by atoms with Crippen molar-refractivity contribution in [2.45, 2.75) is 30.7 Å². The number of fused-ring (bicyclic) bond motifs is 2. The third kappa shape index (κ3) is 1.40. The first-order chi connectivity index (χ1) is 10.4. The summed E-state index contributed by atoms with van der Waals surface area (Å²) in [5.74, 6) is 1.08. The van der Waals surface area contributed by atoms with Crippen molar-refractivity contribution in [3.05, 3.63) is 41.5 Å². The van der Waals surface area contributed by atoms with Crippen LogP contribution in [0.25, 0.3) is 5.57 Å². The molecule has 5 atom stereocenters. The third-order valence-corrected chi connectivity index (χ3v) is 5.84. The van der Waals surface area contributed by atoms with E-state index in [4.69, 9.17) is 14.2 Å². The molecule has 1 aromatic carbocycles.